The van der Waals surface area contributed by atoms with Gasteiger partial charge in [0.25, 0.3) is 0 Å². The molecule has 2 heterocycles. The number of benzene rings is 1. The van der Waals surface area contributed by atoms with Crippen molar-refractivity contribution in [2.24, 2.45) is 11.7 Å². The fraction of sp³-hybridized carbons (Fsp3) is 0.667. The third kappa shape index (κ3) is 4.24. The molecule has 2 saturated heterocycles. The highest BCUT2D eigenvalue weighted by molar-refractivity contribution is 5.87. The van der Waals surface area contributed by atoms with Gasteiger partial charge in [0.15, 0.2) is 0 Å². The normalized spacial score (nSPS) is 27.7. The van der Waals surface area contributed by atoms with Gasteiger partial charge < -0.3 is 15.5 Å². The van der Waals surface area contributed by atoms with Gasteiger partial charge in [-0.15, -0.1) is 0 Å². The van der Waals surface area contributed by atoms with E-state index in [9.17, 15) is 4.79 Å². The molecule has 1 amide bonds. The molecule has 1 aromatic rings. The Morgan fingerprint density at radius 3 is 2.64 bits per heavy atom. The number of carbonyl (C=O) groups excluding carboxylic acids is 1. The first kappa shape index (κ1) is 18.4. The van der Waals surface area contributed by atoms with Crippen molar-refractivity contribution in [1.29, 1.82) is 0 Å². The monoisotopic (exact) mass is 343 g/mol. The van der Waals surface area contributed by atoms with Gasteiger partial charge >= 0.3 is 0 Å². The lowest BCUT2D eigenvalue weighted by atomic mass is 9.89. The summed E-state index contributed by atoms with van der Waals surface area (Å²) >= 11 is 0. The van der Waals surface area contributed by atoms with Crippen LogP contribution in [0.4, 0.5) is 0 Å². The minimum absolute atomic E-state index is 0.0649. The Morgan fingerprint density at radius 2 is 1.92 bits per heavy atom. The highest BCUT2D eigenvalue weighted by Gasteiger charge is 2.37. The quantitative estimate of drug-likeness (QED) is 0.914. The molecule has 2 aliphatic heterocycles. The van der Waals surface area contributed by atoms with Crippen molar-refractivity contribution < 1.29 is 4.79 Å². The van der Waals surface area contributed by atoms with E-state index in [0.717, 1.165) is 31.6 Å². The van der Waals surface area contributed by atoms with Gasteiger partial charge in [-0.25, -0.2) is 0 Å². The molecule has 3 rings (SSSR count). The van der Waals surface area contributed by atoms with Crippen LogP contribution >= 0.6 is 0 Å². The van der Waals surface area contributed by atoms with Crippen LogP contribution in [0.15, 0.2) is 30.3 Å². The number of rotatable bonds is 4. The summed E-state index contributed by atoms with van der Waals surface area (Å²) in [6.45, 7) is 8.21. The minimum atomic E-state index is -0.943. The predicted octanol–water partition coefficient (Wildman–Crippen LogP) is 2.97. The molecule has 2 fully saturated rings. The molecule has 4 nitrogen and oxygen atoms in total. The summed E-state index contributed by atoms with van der Waals surface area (Å²) < 4.78 is 0. The Kier molecular flexibility index (Phi) is 5.80. The van der Waals surface area contributed by atoms with Crippen LogP contribution in [-0.2, 0) is 10.3 Å². The second-order valence-electron chi connectivity index (χ2n) is 8.17. The van der Waals surface area contributed by atoms with Crippen LogP contribution in [0.25, 0.3) is 0 Å². The van der Waals surface area contributed by atoms with Crippen molar-refractivity contribution in [2.45, 2.75) is 57.5 Å². The number of hydrogen-bond acceptors (Lipinski definition) is 3. The maximum Gasteiger partial charge on any atom is 0.246 e. The summed E-state index contributed by atoms with van der Waals surface area (Å²) in [5, 5.41) is 0. The fourth-order valence-electron chi connectivity index (χ4n) is 4.40. The molecule has 0 aliphatic carbocycles. The zero-order valence-corrected chi connectivity index (χ0v) is 15.8. The largest absolute Gasteiger partial charge is 0.340 e. The summed E-state index contributed by atoms with van der Waals surface area (Å²) in [5.74, 6) is 0.639. The average molecular weight is 344 g/mol. The van der Waals surface area contributed by atoms with Crippen LogP contribution in [-0.4, -0.2) is 47.9 Å². The number of nitrogens with zero attached hydrogens (tertiary/aromatic N) is 2. The third-order valence-electron chi connectivity index (χ3n) is 6.06. The first-order valence-corrected chi connectivity index (χ1v) is 9.86. The van der Waals surface area contributed by atoms with E-state index in [1.54, 1.807) is 0 Å². The molecule has 0 spiro atoms. The zero-order valence-electron chi connectivity index (χ0n) is 15.8. The van der Waals surface area contributed by atoms with Crippen molar-refractivity contribution in [1.82, 2.24) is 9.80 Å². The lowest BCUT2D eigenvalue weighted by Gasteiger charge is -2.41. The van der Waals surface area contributed by atoms with Gasteiger partial charge in [-0.2, -0.15) is 0 Å². The Hall–Kier alpha value is -1.39. The smallest absolute Gasteiger partial charge is 0.246 e. The van der Waals surface area contributed by atoms with E-state index in [4.69, 9.17) is 5.73 Å². The summed E-state index contributed by atoms with van der Waals surface area (Å²) in [6.07, 6.45) is 6.29. The zero-order chi connectivity index (χ0) is 17.9. The topological polar surface area (TPSA) is 49.6 Å². The second kappa shape index (κ2) is 7.88. The SMILES string of the molecule is CC1CCCCN1CC1CCCN(C(=O)C(C)(N)c2ccccc2)C1. The predicted molar refractivity (Wildman–Crippen MR) is 102 cm³/mol. The van der Waals surface area contributed by atoms with Crippen LogP contribution in [0.3, 0.4) is 0 Å². The Balaban J connectivity index is 1.63. The van der Waals surface area contributed by atoms with Crippen molar-refractivity contribution in [3.05, 3.63) is 35.9 Å². The molecular weight excluding hydrogens is 310 g/mol. The first-order valence-electron chi connectivity index (χ1n) is 9.86. The Morgan fingerprint density at radius 1 is 1.16 bits per heavy atom. The molecule has 4 heteroatoms. The molecule has 0 aromatic heterocycles. The van der Waals surface area contributed by atoms with Crippen molar-refractivity contribution in [2.75, 3.05) is 26.2 Å². The molecule has 3 unspecified atom stereocenters. The van der Waals surface area contributed by atoms with Gasteiger partial charge in [-0.1, -0.05) is 36.8 Å². The maximum atomic E-state index is 13.1. The third-order valence-corrected chi connectivity index (χ3v) is 6.06. The van der Waals surface area contributed by atoms with Crippen LogP contribution in [0.1, 0.15) is 51.5 Å². The van der Waals surface area contributed by atoms with Crippen LogP contribution in [0.5, 0.6) is 0 Å². The van der Waals surface area contributed by atoms with E-state index in [0.29, 0.717) is 12.0 Å². The summed E-state index contributed by atoms with van der Waals surface area (Å²) in [4.78, 5) is 17.7. The average Bonchev–Trinajstić information content (AvgIpc) is 2.64. The van der Waals surface area contributed by atoms with Gasteiger partial charge in [0.1, 0.15) is 5.54 Å². The number of piperidine rings is 2. The van der Waals surface area contributed by atoms with E-state index >= 15 is 0 Å². The number of likely N-dealkylation sites (tertiary alicyclic amines) is 2. The molecule has 2 aliphatic rings. The molecule has 0 radical (unpaired) electrons. The molecule has 1 aromatic carbocycles. The molecule has 0 bridgehead atoms. The Labute approximate surface area is 152 Å². The highest BCUT2D eigenvalue weighted by Crippen LogP contribution is 2.26. The van der Waals surface area contributed by atoms with Crippen molar-refractivity contribution >= 4 is 5.91 Å². The van der Waals surface area contributed by atoms with Crippen molar-refractivity contribution in [3.8, 4) is 0 Å². The van der Waals surface area contributed by atoms with Crippen LogP contribution < -0.4 is 5.73 Å². The van der Waals surface area contributed by atoms with Gasteiger partial charge in [0.05, 0.1) is 0 Å². The first-order chi connectivity index (χ1) is 12.0. The molecular formula is C21H33N3O. The van der Waals surface area contributed by atoms with E-state index in [1.807, 2.05) is 42.2 Å². The van der Waals surface area contributed by atoms with E-state index in [-0.39, 0.29) is 5.91 Å². The highest BCUT2D eigenvalue weighted by atomic mass is 16.2. The summed E-state index contributed by atoms with van der Waals surface area (Å²) in [6, 6.07) is 10.4. The van der Waals surface area contributed by atoms with Crippen molar-refractivity contribution in [3.63, 3.8) is 0 Å². The molecule has 3 atom stereocenters. The van der Waals surface area contributed by atoms with Gasteiger partial charge in [-0.05, 0) is 57.6 Å². The second-order valence-corrected chi connectivity index (χ2v) is 8.17. The number of carbonyl (C=O) groups is 1. The maximum absolute atomic E-state index is 13.1. The molecule has 2 N–H and O–H groups in total. The van der Waals surface area contributed by atoms with E-state index in [2.05, 4.69) is 11.8 Å². The summed E-state index contributed by atoms with van der Waals surface area (Å²) in [7, 11) is 0. The van der Waals surface area contributed by atoms with Gasteiger partial charge in [-0.3, -0.25) is 4.79 Å². The van der Waals surface area contributed by atoms with Gasteiger partial charge in [0, 0.05) is 25.7 Å². The standard InChI is InChI=1S/C21H33N3O/c1-17-9-6-7-13-23(17)15-18-10-8-14-24(16-18)20(25)21(2,22)19-11-4-3-5-12-19/h3-5,11-12,17-18H,6-10,13-16,22H2,1-2H3. The van der Waals surface area contributed by atoms with Gasteiger partial charge in [0.2, 0.25) is 5.91 Å². The molecule has 25 heavy (non-hydrogen) atoms. The van der Waals surface area contributed by atoms with Crippen LogP contribution in [0, 0.1) is 5.92 Å². The molecule has 138 valence electrons. The number of hydrogen-bond donors (Lipinski definition) is 1. The number of amides is 1. The minimum Gasteiger partial charge on any atom is -0.340 e. The molecule has 0 saturated carbocycles. The van der Waals surface area contributed by atoms with Crippen LogP contribution in [0.2, 0.25) is 0 Å². The lowest BCUT2D eigenvalue weighted by Crippen LogP contribution is -2.54. The van der Waals surface area contributed by atoms with E-state index < -0.39 is 5.54 Å². The Bertz CT molecular complexity index is 572. The fourth-order valence-corrected chi connectivity index (χ4v) is 4.40. The summed E-state index contributed by atoms with van der Waals surface area (Å²) in [5.41, 5.74) is 6.41. The lowest BCUT2D eigenvalue weighted by molar-refractivity contribution is -0.138. The van der Waals surface area contributed by atoms with E-state index in [1.165, 1.54) is 32.2 Å². The number of nitrogens with two attached hydrogens (primary N) is 1.